The van der Waals surface area contributed by atoms with Gasteiger partial charge in [-0.05, 0) is 34.1 Å². The molecule has 5 nitrogen and oxygen atoms in total. The Hall–Kier alpha value is -1.76. The van der Waals surface area contributed by atoms with E-state index in [2.05, 4.69) is 31.3 Å². The molecule has 1 amide bonds. The number of nitrogens with one attached hydrogen (secondary N) is 1. The zero-order valence-electron chi connectivity index (χ0n) is 8.60. The van der Waals surface area contributed by atoms with E-state index in [1.54, 1.807) is 6.07 Å². The van der Waals surface area contributed by atoms with Crippen molar-refractivity contribution in [2.24, 2.45) is 0 Å². The van der Waals surface area contributed by atoms with Gasteiger partial charge in [0.15, 0.2) is 0 Å². The average molecular weight is 299 g/mol. The van der Waals surface area contributed by atoms with Crippen LogP contribution in [0.3, 0.4) is 0 Å². The van der Waals surface area contributed by atoms with Crippen molar-refractivity contribution < 1.29 is 9.18 Å². The lowest BCUT2D eigenvalue weighted by Gasteiger charge is -2.05. The first-order valence-corrected chi connectivity index (χ1v) is 5.52. The highest BCUT2D eigenvalue weighted by molar-refractivity contribution is 9.10. The van der Waals surface area contributed by atoms with Gasteiger partial charge in [0.05, 0.1) is 4.47 Å². The Bertz CT molecular complexity index is 529. The van der Waals surface area contributed by atoms with Crippen molar-refractivity contribution in [3.05, 3.63) is 41.1 Å². The lowest BCUT2D eigenvalue weighted by atomic mass is 10.3. The van der Waals surface area contributed by atoms with E-state index >= 15 is 0 Å². The van der Waals surface area contributed by atoms with Crippen LogP contribution in [0.5, 0.6) is 0 Å². The van der Waals surface area contributed by atoms with Crippen LogP contribution in [0.25, 0.3) is 0 Å². The van der Waals surface area contributed by atoms with Crippen molar-refractivity contribution in [1.82, 2.24) is 14.8 Å². The number of rotatable bonds is 3. The molecule has 0 radical (unpaired) electrons. The van der Waals surface area contributed by atoms with Crippen molar-refractivity contribution in [3.8, 4) is 0 Å². The zero-order valence-corrected chi connectivity index (χ0v) is 10.2. The van der Waals surface area contributed by atoms with Gasteiger partial charge in [-0.25, -0.2) is 14.1 Å². The molecule has 0 aliphatic carbocycles. The Kier molecular flexibility index (Phi) is 3.48. The molecule has 2 aromatic rings. The minimum Gasteiger partial charge on any atom is -0.324 e. The van der Waals surface area contributed by atoms with E-state index < -0.39 is 5.82 Å². The fraction of sp³-hybridized carbons (Fsp3) is 0.100. The van der Waals surface area contributed by atoms with Gasteiger partial charge < -0.3 is 5.32 Å². The summed E-state index contributed by atoms with van der Waals surface area (Å²) in [6, 6.07) is 4.37. The lowest BCUT2D eigenvalue weighted by Crippen LogP contribution is -2.19. The smallest absolute Gasteiger partial charge is 0.246 e. The number of halogens is 2. The van der Waals surface area contributed by atoms with Gasteiger partial charge in [0.25, 0.3) is 0 Å². The molecule has 0 bridgehead atoms. The highest BCUT2D eigenvalue weighted by atomic mass is 79.9. The number of anilines is 1. The maximum atomic E-state index is 13.2. The molecular weight excluding hydrogens is 291 g/mol. The molecular formula is C10H8BrFN4O. The first kappa shape index (κ1) is 11.7. The first-order valence-electron chi connectivity index (χ1n) is 4.72. The summed E-state index contributed by atoms with van der Waals surface area (Å²) in [7, 11) is 0. The number of carbonyl (C=O) groups is 1. The Balaban J connectivity index is 2.00. The number of hydrogen-bond donors (Lipinski definition) is 1. The van der Waals surface area contributed by atoms with Gasteiger partial charge in [-0.15, -0.1) is 0 Å². The average Bonchev–Trinajstić information content (AvgIpc) is 2.76. The summed E-state index contributed by atoms with van der Waals surface area (Å²) in [5.74, 6) is -0.722. The molecule has 0 aliphatic rings. The van der Waals surface area contributed by atoms with Crippen LogP contribution in [0.2, 0.25) is 0 Å². The van der Waals surface area contributed by atoms with Crippen molar-refractivity contribution in [3.63, 3.8) is 0 Å². The number of amides is 1. The predicted octanol–water partition coefficient (Wildman–Crippen LogP) is 1.82. The fourth-order valence-corrected chi connectivity index (χ4v) is 1.48. The maximum absolute atomic E-state index is 13.2. The molecule has 1 heterocycles. The molecule has 1 aromatic carbocycles. The monoisotopic (exact) mass is 298 g/mol. The summed E-state index contributed by atoms with van der Waals surface area (Å²) in [5.41, 5.74) is 0.399. The maximum Gasteiger partial charge on any atom is 0.246 e. The molecule has 2 rings (SSSR count). The number of benzene rings is 1. The highest BCUT2D eigenvalue weighted by Crippen LogP contribution is 2.19. The summed E-state index contributed by atoms with van der Waals surface area (Å²) in [4.78, 5) is 15.3. The normalized spacial score (nSPS) is 10.2. The number of hydrogen-bond acceptors (Lipinski definition) is 3. The third-order valence-corrected chi connectivity index (χ3v) is 2.62. The van der Waals surface area contributed by atoms with Crippen LogP contribution < -0.4 is 5.32 Å². The summed E-state index contributed by atoms with van der Waals surface area (Å²) >= 11 is 3.03. The molecule has 88 valence electrons. The Morgan fingerprint density at radius 2 is 2.35 bits per heavy atom. The molecule has 17 heavy (non-hydrogen) atoms. The summed E-state index contributed by atoms with van der Waals surface area (Å²) < 4.78 is 14.9. The second-order valence-electron chi connectivity index (χ2n) is 3.27. The molecule has 0 atom stereocenters. The molecule has 0 saturated heterocycles. The number of aromatic nitrogens is 3. The largest absolute Gasteiger partial charge is 0.324 e. The van der Waals surface area contributed by atoms with E-state index in [1.165, 1.54) is 29.5 Å². The van der Waals surface area contributed by atoms with Gasteiger partial charge in [0, 0.05) is 5.69 Å². The van der Waals surface area contributed by atoms with E-state index in [9.17, 15) is 9.18 Å². The van der Waals surface area contributed by atoms with Gasteiger partial charge in [-0.1, -0.05) is 0 Å². The zero-order chi connectivity index (χ0) is 12.3. The molecule has 1 aromatic heterocycles. The van der Waals surface area contributed by atoms with Crippen molar-refractivity contribution in [1.29, 1.82) is 0 Å². The van der Waals surface area contributed by atoms with E-state index in [-0.39, 0.29) is 12.5 Å². The fourth-order valence-electron chi connectivity index (χ4n) is 1.24. The van der Waals surface area contributed by atoms with Crippen molar-refractivity contribution in [2.75, 3.05) is 5.32 Å². The molecule has 0 saturated carbocycles. The second-order valence-corrected chi connectivity index (χ2v) is 4.12. The van der Waals surface area contributed by atoms with Crippen LogP contribution in [0.1, 0.15) is 0 Å². The summed E-state index contributed by atoms with van der Waals surface area (Å²) in [5, 5.41) is 6.35. The van der Waals surface area contributed by atoms with Crippen LogP contribution in [0, 0.1) is 5.82 Å². The third-order valence-electron chi connectivity index (χ3n) is 1.98. The van der Waals surface area contributed by atoms with Crippen LogP contribution in [0.15, 0.2) is 35.3 Å². The van der Waals surface area contributed by atoms with Gasteiger partial charge in [-0.3, -0.25) is 4.79 Å². The van der Waals surface area contributed by atoms with Gasteiger partial charge in [-0.2, -0.15) is 5.10 Å². The molecule has 0 aliphatic heterocycles. The van der Waals surface area contributed by atoms with E-state index in [4.69, 9.17) is 0 Å². The van der Waals surface area contributed by atoms with Gasteiger partial charge >= 0.3 is 0 Å². The summed E-state index contributed by atoms with van der Waals surface area (Å²) in [6.07, 6.45) is 2.77. The molecule has 0 fully saturated rings. The number of nitrogens with zero attached hydrogens (tertiary/aromatic N) is 3. The molecule has 7 heteroatoms. The van der Waals surface area contributed by atoms with Crippen molar-refractivity contribution >= 4 is 27.5 Å². The standard InChI is InChI=1S/C10H8BrFN4O/c11-8-2-1-7(3-9(8)12)15-10(17)4-16-6-13-5-14-16/h1-3,5-6H,4H2,(H,15,17). The van der Waals surface area contributed by atoms with Crippen molar-refractivity contribution in [2.45, 2.75) is 6.54 Å². The van der Waals surface area contributed by atoms with Gasteiger partial charge in [0.2, 0.25) is 5.91 Å². The minimum absolute atomic E-state index is 0.0394. The molecule has 0 unspecified atom stereocenters. The van der Waals surface area contributed by atoms with E-state index in [0.29, 0.717) is 10.2 Å². The van der Waals surface area contributed by atoms with Crippen LogP contribution in [0.4, 0.5) is 10.1 Å². The third kappa shape index (κ3) is 3.10. The highest BCUT2D eigenvalue weighted by Gasteiger charge is 2.06. The van der Waals surface area contributed by atoms with E-state index in [0.717, 1.165) is 0 Å². The van der Waals surface area contributed by atoms with Crippen LogP contribution in [-0.4, -0.2) is 20.7 Å². The van der Waals surface area contributed by atoms with Crippen LogP contribution in [-0.2, 0) is 11.3 Å². The molecule has 0 spiro atoms. The molecule has 1 N–H and O–H groups in total. The predicted molar refractivity (Wildman–Crippen MR) is 62.8 cm³/mol. The van der Waals surface area contributed by atoms with Gasteiger partial charge in [0.1, 0.15) is 25.0 Å². The topological polar surface area (TPSA) is 59.8 Å². The minimum atomic E-state index is -0.427. The quantitative estimate of drug-likeness (QED) is 0.940. The Morgan fingerprint density at radius 3 is 3.00 bits per heavy atom. The number of carbonyl (C=O) groups excluding carboxylic acids is 1. The van der Waals surface area contributed by atoms with Crippen LogP contribution >= 0.6 is 15.9 Å². The SMILES string of the molecule is O=C(Cn1cncn1)Nc1ccc(Br)c(F)c1. The first-order chi connectivity index (χ1) is 8.15. The Labute approximate surface area is 105 Å². The Morgan fingerprint density at radius 1 is 1.53 bits per heavy atom. The lowest BCUT2D eigenvalue weighted by molar-refractivity contribution is -0.116. The summed E-state index contributed by atoms with van der Waals surface area (Å²) in [6.45, 7) is 0.0394. The second kappa shape index (κ2) is 5.05. The van der Waals surface area contributed by atoms with E-state index in [1.807, 2.05) is 0 Å².